The second kappa shape index (κ2) is 6.69. The monoisotopic (exact) mass is 380 g/mol. The van der Waals surface area contributed by atoms with Crippen molar-refractivity contribution < 1.29 is 14.0 Å². The van der Waals surface area contributed by atoms with Crippen LogP contribution in [-0.2, 0) is 7.05 Å². The van der Waals surface area contributed by atoms with Gasteiger partial charge in [0.25, 0.3) is 5.89 Å². The first-order valence-corrected chi connectivity index (χ1v) is 8.31. The summed E-state index contributed by atoms with van der Waals surface area (Å²) in [6.07, 6.45) is 0. The number of nitrogens with zero attached hydrogens (tertiary/aromatic N) is 3. The molecule has 9 nitrogen and oxygen atoms in total. The molecule has 0 saturated carbocycles. The number of aryl methyl sites for hydroxylation is 1. The number of aromatic nitrogens is 4. The van der Waals surface area contributed by atoms with Gasteiger partial charge in [0.05, 0.1) is 25.3 Å². The first-order chi connectivity index (χ1) is 13.5. The van der Waals surface area contributed by atoms with Crippen molar-refractivity contribution in [1.82, 2.24) is 19.7 Å². The number of methoxy groups -OCH3 is 2. The summed E-state index contributed by atoms with van der Waals surface area (Å²) in [4.78, 5) is 30.5. The first kappa shape index (κ1) is 17.5. The van der Waals surface area contributed by atoms with Crippen LogP contribution in [0.2, 0.25) is 0 Å². The molecule has 2 aromatic carbocycles. The number of fused-ring (bicyclic) bond motifs is 1. The molecule has 0 radical (unpaired) electrons. The van der Waals surface area contributed by atoms with E-state index in [1.54, 1.807) is 57.7 Å². The molecule has 0 fully saturated rings. The first-order valence-electron chi connectivity index (χ1n) is 8.31. The van der Waals surface area contributed by atoms with E-state index >= 15 is 0 Å². The van der Waals surface area contributed by atoms with Crippen molar-refractivity contribution in [2.24, 2.45) is 7.05 Å². The number of rotatable bonds is 4. The molecule has 4 rings (SSSR count). The molecule has 0 bridgehead atoms. The summed E-state index contributed by atoms with van der Waals surface area (Å²) < 4.78 is 17.2. The summed E-state index contributed by atoms with van der Waals surface area (Å²) in [6.45, 7) is 0. The van der Waals surface area contributed by atoms with Gasteiger partial charge in [0.15, 0.2) is 0 Å². The molecular weight excluding hydrogens is 364 g/mol. The molecule has 0 atom stereocenters. The molecule has 0 amide bonds. The average molecular weight is 380 g/mol. The van der Waals surface area contributed by atoms with Crippen LogP contribution in [0.4, 0.5) is 0 Å². The summed E-state index contributed by atoms with van der Waals surface area (Å²) >= 11 is 0. The highest BCUT2D eigenvalue weighted by Gasteiger charge is 2.14. The minimum absolute atomic E-state index is 0.293. The highest BCUT2D eigenvalue weighted by molar-refractivity contribution is 5.80. The Labute approximate surface area is 158 Å². The minimum atomic E-state index is -0.690. The smallest absolute Gasteiger partial charge is 0.316 e. The Kier molecular flexibility index (Phi) is 4.19. The molecule has 9 heteroatoms. The van der Waals surface area contributed by atoms with E-state index in [1.807, 2.05) is 0 Å². The fraction of sp³-hybridized carbons (Fsp3) is 0.158. The van der Waals surface area contributed by atoms with Gasteiger partial charge in [-0.3, -0.25) is 9.59 Å². The summed E-state index contributed by atoms with van der Waals surface area (Å²) in [6, 6.07) is 10.4. The van der Waals surface area contributed by atoms with E-state index in [4.69, 9.17) is 14.0 Å². The third kappa shape index (κ3) is 2.92. The highest BCUT2D eigenvalue weighted by atomic mass is 16.5. The van der Waals surface area contributed by atoms with E-state index in [0.29, 0.717) is 45.4 Å². The molecule has 0 aliphatic rings. The fourth-order valence-electron chi connectivity index (χ4n) is 2.89. The van der Waals surface area contributed by atoms with Crippen LogP contribution in [-0.4, -0.2) is 33.9 Å². The summed E-state index contributed by atoms with van der Waals surface area (Å²) in [7, 11) is 4.66. The van der Waals surface area contributed by atoms with Crippen LogP contribution in [0.3, 0.4) is 0 Å². The van der Waals surface area contributed by atoms with Gasteiger partial charge in [0.2, 0.25) is 5.82 Å². The Hall–Kier alpha value is -3.88. The second-order valence-corrected chi connectivity index (χ2v) is 6.07. The zero-order valence-corrected chi connectivity index (χ0v) is 15.3. The standard InChI is InChI=1S/C19H16N4O5/c1-23-15-5-4-10(8-14(15)20-17(24)19(23)25)16-21-18(28-22-16)11-6-12(26-2)9-13(7-11)27-3/h4-9H,1-3H3,(H,20,24). The van der Waals surface area contributed by atoms with Gasteiger partial charge in [-0.1, -0.05) is 5.16 Å². The lowest BCUT2D eigenvalue weighted by molar-refractivity contribution is 0.393. The molecule has 0 saturated heterocycles. The highest BCUT2D eigenvalue weighted by Crippen LogP contribution is 2.30. The van der Waals surface area contributed by atoms with E-state index in [1.165, 1.54) is 4.57 Å². The van der Waals surface area contributed by atoms with Gasteiger partial charge in [0.1, 0.15) is 11.5 Å². The van der Waals surface area contributed by atoms with Crippen molar-refractivity contribution in [2.45, 2.75) is 0 Å². The zero-order valence-electron chi connectivity index (χ0n) is 15.3. The number of nitrogens with one attached hydrogen (secondary N) is 1. The van der Waals surface area contributed by atoms with Gasteiger partial charge in [-0.25, -0.2) is 0 Å². The van der Waals surface area contributed by atoms with Crippen molar-refractivity contribution in [1.29, 1.82) is 0 Å². The van der Waals surface area contributed by atoms with Crippen LogP contribution < -0.4 is 20.6 Å². The van der Waals surface area contributed by atoms with Gasteiger partial charge in [0, 0.05) is 24.2 Å². The predicted molar refractivity (Wildman–Crippen MR) is 102 cm³/mol. The van der Waals surface area contributed by atoms with Gasteiger partial charge >= 0.3 is 11.1 Å². The Morgan fingerprint density at radius 1 is 1.00 bits per heavy atom. The van der Waals surface area contributed by atoms with Crippen LogP contribution >= 0.6 is 0 Å². The Morgan fingerprint density at radius 2 is 1.71 bits per heavy atom. The number of benzene rings is 2. The van der Waals surface area contributed by atoms with E-state index in [-0.39, 0.29) is 0 Å². The van der Waals surface area contributed by atoms with E-state index in [2.05, 4.69) is 15.1 Å². The number of H-pyrrole nitrogens is 1. The molecule has 4 aromatic rings. The molecule has 2 aromatic heterocycles. The maximum absolute atomic E-state index is 11.8. The maximum atomic E-state index is 11.8. The third-order valence-electron chi connectivity index (χ3n) is 4.39. The van der Waals surface area contributed by atoms with Crippen molar-refractivity contribution in [2.75, 3.05) is 14.2 Å². The van der Waals surface area contributed by atoms with Crippen LogP contribution in [0.5, 0.6) is 11.5 Å². The fourth-order valence-corrected chi connectivity index (χ4v) is 2.89. The van der Waals surface area contributed by atoms with Gasteiger partial charge < -0.3 is 23.5 Å². The van der Waals surface area contributed by atoms with Crippen LogP contribution in [0.1, 0.15) is 0 Å². The Morgan fingerprint density at radius 3 is 2.39 bits per heavy atom. The van der Waals surface area contributed by atoms with E-state index in [9.17, 15) is 9.59 Å². The SMILES string of the molecule is COc1cc(OC)cc(-c2nc(-c3ccc4c(c3)[nH]c(=O)c(=O)n4C)no2)c1. The molecule has 28 heavy (non-hydrogen) atoms. The summed E-state index contributed by atoms with van der Waals surface area (Å²) in [5, 5.41) is 4.01. The van der Waals surface area contributed by atoms with Crippen molar-refractivity contribution in [3.05, 3.63) is 57.1 Å². The molecule has 1 N–H and O–H groups in total. The molecule has 0 aliphatic heterocycles. The van der Waals surface area contributed by atoms with Gasteiger partial charge in [-0.05, 0) is 30.3 Å². The zero-order chi connectivity index (χ0) is 19.8. The number of ether oxygens (including phenoxy) is 2. The lowest BCUT2D eigenvalue weighted by atomic mass is 10.1. The molecule has 0 aliphatic carbocycles. The van der Waals surface area contributed by atoms with E-state index in [0.717, 1.165) is 0 Å². The van der Waals surface area contributed by atoms with Crippen molar-refractivity contribution >= 4 is 11.0 Å². The Balaban J connectivity index is 1.78. The third-order valence-corrected chi connectivity index (χ3v) is 4.39. The average Bonchev–Trinajstić information content (AvgIpc) is 3.21. The summed E-state index contributed by atoms with van der Waals surface area (Å²) in [5.74, 6) is 1.83. The van der Waals surface area contributed by atoms with E-state index < -0.39 is 11.1 Å². The van der Waals surface area contributed by atoms with Gasteiger partial charge in [-0.15, -0.1) is 0 Å². The van der Waals surface area contributed by atoms with Crippen LogP contribution in [0.25, 0.3) is 33.9 Å². The molecule has 0 unspecified atom stereocenters. The second-order valence-electron chi connectivity index (χ2n) is 6.07. The van der Waals surface area contributed by atoms with Gasteiger partial charge in [-0.2, -0.15) is 4.98 Å². The van der Waals surface area contributed by atoms with Crippen LogP contribution in [0.15, 0.2) is 50.5 Å². The topological polar surface area (TPSA) is 112 Å². The lowest BCUT2D eigenvalue weighted by Crippen LogP contribution is -2.34. The number of hydrogen-bond donors (Lipinski definition) is 1. The number of aromatic amines is 1. The minimum Gasteiger partial charge on any atom is -0.497 e. The van der Waals surface area contributed by atoms with Crippen LogP contribution in [0, 0.1) is 0 Å². The predicted octanol–water partition coefficient (Wildman–Crippen LogP) is 1.96. The molecule has 0 spiro atoms. The normalized spacial score (nSPS) is 11.0. The molecular formula is C19H16N4O5. The summed E-state index contributed by atoms with van der Waals surface area (Å²) in [5.41, 5.74) is 1.06. The molecule has 2 heterocycles. The largest absolute Gasteiger partial charge is 0.497 e. The quantitative estimate of drug-likeness (QED) is 0.539. The lowest BCUT2D eigenvalue weighted by Gasteiger charge is -2.05. The molecule has 142 valence electrons. The Bertz CT molecular complexity index is 1280. The van der Waals surface area contributed by atoms with Crippen molar-refractivity contribution in [3.8, 4) is 34.3 Å². The maximum Gasteiger partial charge on any atom is 0.316 e. The van der Waals surface area contributed by atoms with Crippen molar-refractivity contribution in [3.63, 3.8) is 0 Å². The number of hydrogen-bond acceptors (Lipinski definition) is 7.